The number of benzene rings is 1. The van der Waals surface area contributed by atoms with Crippen LogP contribution in [0.2, 0.25) is 0 Å². The number of aromatic nitrogens is 1. The first-order valence-corrected chi connectivity index (χ1v) is 6.82. The van der Waals surface area contributed by atoms with Crippen LogP contribution in [0.15, 0.2) is 12.1 Å². The molecule has 0 fully saturated rings. The van der Waals surface area contributed by atoms with E-state index in [1.807, 2.05) is 13.0 Å². The lowest BCUT2D eigenvalue weighted by Crippen LogP contribution is -2.11. The standard InChI is InChI=1S/C13H19N3S/c1-4-8(2)7-15-11-6-12-13(5-10(11)14)17-9(3)16-12/h5-6,8,15H,4,7,14H2,1-3H3. The highest BCUT2D eigenvalue weighted by Gasteiger charge is 2.07. The van der Waals surface area contributed by atoms with Crippen LogP contribution in [-0.4, -0.2) is 11.5 Å². The monoisotopic (exact) mass is 249 g/mol. The van der Waals surface area contributed by atoms with E-state index in [-0.39, 0.29) is 0 Å². The predicted octanol–water partition coefficient (Wildman–Crippen LogP) is 3.64. The summed E-state index contributed by atoms with van der Waals surface area (Å²) >= 11 is 1.69. The average Bonchev–Trinajstić information content (AvgIpc) is 2.64. The Labute approximate surface area is 106 Å². The Hall–Kier alpha value is -1.29. The van der Waals surface area contributed by atoms with E-state index in [4.69, 9.17) is 5.73 Å². The number of hydrogen-bond acceptors (Lipinski definition) is 4. The molecule has 1 aromatic heterocycles. The Morgan fingerprint density at radius 2 is 2.24 bits per heavy atom. The van der Waals surface area contributed by atoms with Crippen molar-refractivity contribution in [2.24, 2.45) is 5.92 Å². The topological polar surface area (TPSA) is 50.9 Å². The van der Waals surface area contributed by atoms with Gasteiger partial charge in [-0.05, 0) is 25.0 Å². The zero-order valence-corrected chi connectivity index (χ0v) is 11.4. The van der Waals surface area contributed by atoms with Gasteiger partial charge in [0.15, 0.2) is 0 Å². The molecule has 2 aromatic rings. The maximum Gasteiger partial charge on any atom is 0.0907 e. The van der Waals surface area contributed by atoms with Crippen molar-refractivity contribution in [1.29, 1.82) is 0 Å². The van der Waals surface area contributed by atoms with Gasteiger partial charge in [0, 0.05) is 6.54 Å². The smallest absolute Gasteiger partial charge is 0.0907 e. The average molecular weight is 249 g/mol. The third-order valence-corrected chi connectivity index (χ3v) is 3.94. The summed E-state index contributed by atoms with van der Waals surface area (Å²) in [5.41, 5.74) is 8.89. The van der Waals surface area contributed by atoms with Gasteiger partial charge in [0.1, 0.15) is 0 Å². The van der Waals surface area contributed by atoms with Crippen molar-refractivity contribution < 1.29 is 0 Å². The first kappa shape index (κ1) is 12.2. The van der Waals surface area contributed by atoms with Crippen molar-refractivity contribution in [3.63, 3.8) is 0 Å². The molecule has 0 aliphatic rings. The van der Waals surface area contributed by atoms with Gasteiger partial charge in [-0.25, -0.2) is 4.98 Å². The molecule has 4 heteroatoms. The molecule has 3 nitrogen and oxygen atoms in total. The maximum atomic E-state index is 6.04. The van der Waals surface area contributed by atoms with Gasteiger partial charge in [-0.1, -0.05) is 20.3 Å². The second-order valence-electron chi connectivity index (χ2n) is 4.53. The number of anilines is 2. The van der Waals surface area contributed by atoms with Gasteiger partial charge in [0.25, 0.3) is 0 Å². The molecule has 0 aliphatic heterocycles. The van der Waals surface area contributed by atoms with Gasteiger partial charge < -0.3 is 11.1 Å². The predicted molar refractivity (Wildman–Crippen MR) is 76.7 cm³/mol. The fraction of sp³-hybridized carbons (Fsp3) is 0.462. The molecule has 0 saturated carbocycles. The summed E-state index contributed by atoms with van der Waals surface area (Å²) in [5, 5.41) is 4.49. The van der Waals surface area contributed by atoms with E-state index in [1.54, 1.807) is 11.3 Å². The van der Waals surface area contributed by atoms with E-state index >= 15 is 0 Å². The summed E-state index contributed by atoms with van der Waals surface area (Å²) < 4.78 is 1.16. The summed E-state index contributed by atoms with van der Waals surface area (Å²) in [6.07, 6.45) is 1.17. The van der Waals surface area contributed by atoms with Gasteiger partial charge in [-0.3, -0.25) is 0 Å². The number of aryl methyl sites for hydroxylation is 1. The number of thiazole rings is 1. The van der Waals surface area contributed by atoms with Gasteiger partial charge in [0.05, 0.1) is 26.6 Å². The number of fused-ring (bicyclic) bond motifs is 1. The van der Waals surface area contributed by atoms with Crippen LogP contribution in [-0.2, 0) is 0 Å². The van der Waals surface area contributed by atoms with Gasteiger partial charge in [-0.15, -0.1) is 11.3 Å². The lowest BCUT2D eigenvalue weighted by molar-refractivity contribution is 0.593. The van der Waals surface area contributed by atoms with Gasteiger partial charge in [0.2, 0.25) is 0 Å². The van der Waals surface area contributed by atoms with Crippen molar-refractivity contribution >= 4 is 32.9 Å². The minimum atomic E-state index is 0.655. The first-order chi connectivity index (χ1) is 8.10. The molecule has 1 atom stereocenters. The molecule has 0 amide bonds. The first-order valence-electron chi connectivity index (χ1n) is 6.00. The molecule has 1 unspecified atom stereocenters. The second kappa shape index (κ2) is 4.92. The van der Waals surface area contributed by atoms with Crippen LogP contribution < -0.4 is 11.1 Å². The number of hydrogen-bond donors (Lipinski definition) is 2. The van der Waals surface area contributed by atoms with Crippen molar-refractivity contribution in [3.05, 3.63) is 17.1 Å². The molecule has 1 heterocycles. The third-order valence-electron chi connectivity index (χ3n) is 3.00. The molecule has 1 aromatic carbocycles. The lowest BCUT2D eigenvalue weighted by Gasteiger charge is -2.13. The van der Waals surface area contributed by atoms with E-state index in [0.717, 1.165) is 33.1 Å². The molecular weight excluding hydrogens is 230 g/mol. The highest BCUT2D eigenvalue weighted by Crippen LogP contribution is 2.29. The van der Waals surface area contributed by atoms with Crippen LogP contribution in [0.3, 0.4) is 0 Å². The summed E-state index contributed by atoms with van der Waals surface area (Å²) in [5.74, 6) is 0.655. The largest absolute Gasteiger partial charge is 0.397 e. The molecule has 2 rings (SSSR count). The Bertz CT molecular complexity index is 519. The maximum absolute atomic E-state index is 6.04. The molecule has 3 N–H and O–H groups in total. The van der Waals surface area contributed by atoms with E-state index in [1.165, 1.54) is 6.42 Å². The molecule has 0 spiro atoms. The SMILES string of the molecule is CCC(C)CNc1cc2nc(C)sc2cc1N. The number of nitrogens with zero attached hydrogens (tertiary/aromatic N) is 1. The van der Waals surface area contributed by atoms with Crippen molar-refractivity contribution in [2.45, 2.75) is 27.2 Å². The quantitative estimate of drug-likeness (QED) is 0.813. The fourth-order valence-corrected chi connectivity index (χ4v) is 2.54. The van der Waals surface area contributed by atoms with E-state index in [2.05, 4.69) is 30.2 Å². The zero-order chi connectivity index (χ0) is 12.4. The van der Waals surface area contributed by atoms with Gasteiger partial charge in [-0.2, -0.15) is 0 Å². The van der Waals surface area contributed by atoms with Crippen LogP contribution in [0.4, 0.5) is 11.4 Å². The Balaban J connectivity index is 2.24. The van der Waals surface area contributed by atoms with E-state index < -0.39 is 0 Å². The third kappa shape index (κ3) is 2.69. The number of nitrogens with two attached hydrogens (primary N) is 1. The van der Waals surface area contributed by atoms with E-state index in [0.29, 0.717) is 5.92 Å². The lowest BCUT2D eigenvalue weighted by atomic mass is 10.1. The minimum Gasteiger partial charge on any atom is -0.397 e. The van der Waals surface area contributed by atoms with Crippen molar-refractivity contribution in [2.75, 3.05) is 17.6 Å². The number of nitrogen functional groups attached to an aromatic ring is 1. The van der Waals surface area contributed by atoms with E-state index in [9.17, 15) is 0 Å². The Kier molecular flexibility index (Phi) is 3.52. The van der Waals surface area contributed by atoms with Crippen LogP contribution in [0.5, 0.6) is 0 Å². The molecular formula is C13H19N3S. The number of rotatable bonds is 4. The molecule has 17 heavy (non-hydrogen) atoms. The van der Waals surface area contributed by atoms with Crippen LogP contribution in [0.25, 0.3) is 10.2 Å². The van der Waals surface area contributed by atoms with Crippen molar-refractivity contribution in [1.82, 2.24) is 4.98 Å². The Morgan fingerprint density at radius 1 is 1.47 bits per heavy atom. The summed E-state index contributed by atoms with van der Waals surface area (Å²) in [4.78, 5) is 4.49. The Morgan fingerprint density at radius 3 is 2.94 bits per heavy atom. The highest BCUT2D eigenvalue weighted by molar-refractivity contribution is 7.18. The summed E-state index contributed by atoms with van der Waals surface area (Å²) in [7, 11) is 0. The molecule has 0 bridgehead atoms. The second-order valence-corrected chi connectivity index (χ2v) is 5.77. The van der Waals surface area contributed by atoms with Crippen LogP contribution in [0.1, 0.15) is 25.3 Å². The van der Waals surface area contributed by atoms with Crippen LogP contribution in [0, 0.1) is 12.8 Å². The molecule has 0 radical (unpaired) electrons. The normalized spacial score (nSPS) is 12.9. The van der Waals surface area contributed by atoms with Gasteiger partial charge >= 0.3 is 0 Å². The molecule has 92 valence electrons. The molecule has 0 saturated heterocycles. The fourth-order valence-electron chi connectivity index (χ4n) is 1.69. The summed E-state index contributed by atoms with van der Waals surface area (Å²) in [6.45, 7) is 7.40. The number of nitrogens with one attached hydrogen (secondary N) is 1. The zero-order valence-electron chi connectivity index (χ0n) is 10.6. The highest BCUT2D eigenvalue weighted by atomic mass is 32.1. The van der Waals surface area contributed by atoms with Crippen LogP contribution >= 0.6 is 11.3 Å². The minimum absolute atomic E-state index is 0.655. The molecule has 0 aliphatic carbocycles. The van der Waals surface area contributed by atoms with Crippen molar-refractivity contribution in [3.8, 4) is 0 Å². The summed E-state index contributed by atoms with van der Waals surface area (Å²) in [6, 6.07) is 4.06.